The maximum Gasteiger partial charge on any atom is 0.0223 e. The lowest BCUT2D eigenvalue weighted by Crippen LogP contribution is -2.54. The maximum absolute atomic E-state index is 3.62. The fraction of sp³-hybridized carbons (Fsp3) is 1.00. The van der Waals surface area contributed by atoms with Crippen molar-refractivity contribution in [3.63, 3.8) is 0 Å². The molecule has 2 atom stereocenters. The van der Waals surface area contributed by atoms with Gasteiger partial charge in [0.15, 0.2) is 0 Å². The summed E-state index contributed by atoms with van der Waals surface area (Å²) in [7, 11) is 2.24. The number of likely N-dealkylation sites (N-methyl/N-ethyl adjacent to an activating group) is 1. The lowest BCUT2D eigenvalue weighted by Gasteiger charge is -2.36. The summed E-state index contributed by atoms with van der Waals surface area (Å²) in [5, 5.41) is 3.62. The van der Waals surface area contributed by atoms with Crippen molar-refractivity contribution >= 4 is 0 Å². The monoisotopic (exact) mass is 154 g/mol. The predicted octanol–water partition coefficient (Wildman–Crippen LogP) is 0.689. The normalized spacial score (nSPS) is 40.9. The Labute approximate surface area is 69.0 Å². The van der Waals surface area contributed by atoms with E-state index in [4.69, 9.17) is 0 Å². The number of nitrogens with zero attached hydrogens (tertiary/aromatic N) is 1. The Morgan fingerprint density at radius 3 is 2.64 bits per heavy atom. The van der Waals surface area contributed by atoms with Gasteiger partial charge < -0.3 is 10.2 Å². The Morgan fingerprint density at radius 2 is 2.09 bits per heavy atom. The molecule has 1 aliphatic carbocycles. The highest BCUT2D eigenvalue weighted by atomic mass is 15.2. The second-order valence-electron chi connectivity index (χ2n) is 4.14. The summed E-state index contributed by atoms with van der Waals surface area (Å²) in [5.74, 6) is 1.00. The largest absolute Gasteiger partial charge is 0.311 e. The molecule has 0 aromatic rings. The van der Waals surface area contributed by atoms with Gasteiger partial charge in [-0.15, -0.1) is 0 Å². The van der Waals surface area contributed by atoms with Gasteiger partial charge in [0.05, 0.1) is 0 Å². The van der Waals surface area contributed by atoms with Gasteiger partial charge in [-0.05, 0) is 32.7 Å². The number of hydrogen-bond acceptors (Lipinski definition) is 2. The molecular formula is C9H18N2. The first-order valence-corrected chi connectivity index (χ1v) is 4.71. The molecule has 2 heteroatoms. The van der Waals surface area contributed by atoms with Crippen molar-refractivity contribution in [3.8, 4) is 0 Å². The topological polar surface area (TPSA) is 15.3 Å². The molecule has 1 saturated heterocycles. The fourth-order valence-corrected chi connectivity index (χ4v) is 1.85. The first-order valence-electron chi connectivity index (χ1n) is 4.71. The van der Waals surface area contributed by atoms with Crippen LogP contribution in [0.5, 0.6) is 0 Å². The van der Waals surface area contributed by atoms with E-state index in [9.17, 15) is 0 Å². The molecule has 1 aliphatic heterocycles. The van der Waals surface area contributed by atoms with Gasteiger partial charge in [0.1, 0.15) is 0 Å². The SMILES string of the molecule is CC1CNC(C2CC2)CN1C. The first-order chi connectivity index (χ1) is 5.27. The summed E-state index contributed by atoms with van der Waals surface area (Å²) >= 11 is 0. The van der Waals surface area contributed by atoms with E-state index in [1.807, 2.05) is 0 Å². The average Bonchev–Trinajstić information content (AvgIpc) is 2.77. The average molecular weight is 154 g/mol. The summed E-state index contributed by atoms with van der Waals surface area (Å²) < 4.78 is 0. The van der Waals surface area contributed by atoms with E-state index in [0.717, 1.165) is 18.0 Å². The van der Waals surface area contributed by atoms with Gasteiger partial charge in [-0.25, -0.2) is 0 Å². The van der Waals surface area contributed by atoms with Gasteiger partial charge in [0.25, 0.3) is 0 Å². The molecule has 0 bridgehead atoms. The molecule has 2 unspecified atom stereocenters. The lowest BCUT2D eigenvalue weighted by atomic mass is 10.1. The highest BCUT2D eigenvalue weighted by molar-refractivity contribution is 4.92. The van der Waals surface area contributed by atoms with E-state index in [2.05, 4.69) is 24.2 Å². The molecule has 1 saturated carbocycles. The van der Waals surface area contributed by atoms with Crippen LogP contribution in [0.4, 0.5) is 0 Å². The van der Waals surface area contributed by atoms with Crippen LogP contribution in [0.15, 0.2) is 0 Å². The summed E-state index contributed by atoms with van der Waals surface area (Å²) in [6, 6.07) is 1.53. The fourth-order valence-electron chi connectivity index (χ4n) is 1.85. The van der Waals surface area contributed by atoms with Crippen molar-refractivity contribution in [2.24, 2.45) is 5.92 Å². The minimum Gasteiger partial charge on any atom is -0.311 e. The molecule has 1 N–H and O–H groups in total. The molecule has 2 rings (SSSR count). The molecule has 2 nitrogen and oxygen atoms in total. The molecule has 0 spiro atoms. The van der Waals surface area contributed by atoms with Gasteiger partial charge in [-0.2, -0.15) is 0 Å². The second-order valence-corrected chi connectivity index (χ2v) is 4.14. The van der Waals surface area contributed by atoms with Crippen molar-refractivity contribution in [1.82, 2.24) is 10.2 Å². The van der Waals surface area contributed by atoms with Crippen LogP contribution < -0.4 is 5.32 Å². The molecule has 1 heterocycles. The zero-order valence-corrected chi connectivity index (χ0v) is 7.51. The van der Waals surface area contributed by atoms with Crippen LogP contribution in [-0.4, -0.2) is 37.1 Å². The van der Waals surface area contributed by atoms with Gasteiger partial charge in [0, 0.05) is 25.2 Å². The highest BCUT2D eigenvalue weighted by Gasteiger charge is 2.34. The Hall–Kier alpha value is -0.0800. The Bertz CT molecular complexity index is 142. The van der Waals surface area contributed by atoms with E-state index in [1.54, 1.807) is 0 Å². The summed E-state index contributed by atoms with van der Waals surface area (Å²) in [4.78, 5) is 2.47. The van der Waals surface area contributed by atoms with Crippen molar-refractivity contribution in [2.45, 2.75) is 31.8 Å². The first kappa shape index (κ1) is 7.56. The van der Waals surface area contributed by atoms with Crippen molar-refractivity contribution in [1.29, 1.82) is 0 Å². The van der Waals surface area contributed by atoms with Crippen molar-refractivity contribution < 1.29 is 0 Å². The van der Waals surface area contributed by atoms with Gasteiger partial charge >= 0.3 is 0 Å². The molecule has 0 radical (unpaired) electrons. The Kier molecular flexibility index (Phi) is 1.90. The molecule has 64 valence electrons. The van der Waals surface area contributed by atoms with Crippen molar-refractivity contribution in [2.75, 3.05) is 20.1 Å². The van der Waals surface area contributed by atoms with E-state index < -0.39 is 0 Å². The van der Waals surface area contributed by atoms with Crippen LogP contribution in [0, 0.1) is 5.92 Å². The molecule has 2 aliphatic rings. The molecule has 0 aromatic carbocycles. The van der Waals surface area contributed by atoms with Crippen LogP contribution >= 0.6 is 0 Å². The lowest BCUT2D eigenvalue weighted by molar-refractivity contribution is 0.165. The van der Waals surface area contributed by atoms with Gasteiger partial charge in [0.2, 0.25) is 0 Å². The molecular weight excluding hydrogens is 136 g/mol. The standard InChI is InChI=1S/C9H18N2/c1-7-5-10-9(6-11(7)2)8-3-4-8/h7-10H,3-6H2,1-2H3. The zero-order chi connectivity index (χ0) is 7.84. The number of nitrogens with one attached hydrogen (secondary N) is 1. The van der Waals surface area contributed by atoms with Crippen LogP contribution in [0.2, 0.25) is 0 Å². The van der Waals surface area contributed by atoms with E-state index in [0.29, 0.717) is 0 Å². The van der Waals surface area contributed by atoms with Crippen LogP contribution in [0.25, 0.3) is 0 Å². The quantitative estimate of drug-likeness (QED) is 0.598. The summed E-state index contributed by atoms with van der Waals surface area (Å²) in [6.07, 6.45) is 2.92. The summed E-state index contributed by atoms with van der Waals surface area (Å²) in [5.41, 5.74) is 0. The molecule has 2 fully saturated rings. The minimum atomic E-state index is 0.727. The Balaban J connectivity index is 1.86. The third kappa shape index (κ3) is 1.57. The number of piperazine rings is 1. The highest BCUT2D eigenvalue weighted by Crippen LogP contribution is 2.33. The van der Waals surface area contributed by atoms with Crippen LogP contribution in [0.3, 0.4) is 0 Å². The number of rotatable bonds is 1. The van der Waals surface area contributed by atoms with E-state index in [-0.39, 0.29) is 0 Å². The molecule has 11 heavy (non-hydrogen) atoms. The Morgan fingerprint density at radius 1 is 1.36 bits per heavy atom. The number of hydrogen-bond donors (Lipinski definition) is 1. The molecule has 0 aromatic heterocycles. The van der Waals surface area contributed by atoms with E-state index >= 15 is 0 Å². The minimum absolute atomic E-state index is 0.727. The molecule has 0 amide bonds. The second kappa shape index (κ2) is 2.76. The zero-order valence-electron chi connectivity index (χ0n) is 7.51. The third-order valence-corrected chi connectivity index (χ3v) is 3.10. The van der Waals surface area contributed by atoms with Crippen LogP contribution in [-0.2, 0) is 0 Å². The predicted molar refractivity (Wildman–Crippen MR) is 46.6 cm³/mol. The van der Waals surface area contributed by atoms with Crippen molar-refractivity contribution in [3.05, 3.63) is 0 Å². The maximum atomic E-state index is 3.62. The van der Waals surface area contributed by atoms with E-state index in [1.165, 1.54) is 25.9 Å². The van der Waals surface area contributed by atoms with Gasteiger partial charge in [-0.3, -0.25) is 0 Å². The summed E-state index contributed by atoms with van der Waals surface area (Å²) in [6.45, 7) is 4.72. The van der Waals surface area contributed by atoms with Gasteiger partial charge in [-0.1, -0.05) is 0 Å². The van der Waals surface area contributed by atoms with Crippen LogP contribution in [0.1, 0.15) is 19.8 Å². The third-order valence-electron chi connectivity index (χ3n) is 3.10. The smallest absolute Gasteiger partial charge is 0.0223 e.